The van der Waals surface area contributed by atoms with Gasteiger partial charge in [-0.2, -0.15) is 0 Å². The first-order valence-electron chi connectivity index (χ1n) is 7.13. The number of amides is 1. The van der Waals surface area contributed by atoms with Gasteiger partial charge in [-0.1, -0.05) is 28.9 Å². The number of nitrogens with one attached hydrogen (secondary N) is 1. The minimum Gasteiger partial charge on any atom is -0.454 e. The van der Waals surface area contributed by atoms with E-state index in [1.54, 1.807) is 36.4 Å². The monoisotopic (exact) mass is 342 g/mol. The van der Waals surface area contributed by atoms with E-state index < -0.39 is 0 Å². The Morgan fingerprint density at radius 3 is 2.67 bits per heavy atom. The Kier molecular flexibility index (Phi) is 3.59. The van der Waals surface area contributed by atoms with E-state index in [2.05, 4.69) is 10.5 Å². The van der Waals surface area contributed by atoms with Crippen molar-refractivity contribution in [3.63, 3.8) is 0 Å². The van der Waals surface area contributed by atoms with E-state index in [4.69, 9.17) is 25.6 Å². The first-order valence-corrected chi connectivity index (χ1v) is 7.50. The van der Waals surface area contributed by atoms with E-state index >= 15 is 0 Å². The number of halogens is 1. The second-order valence-electron chi connectivity index (χ2n) is 5.11. The normalized spacial score (nSPS) is 12.2. The number of fused-ring (bicyclic) bond motifs is 1. The van der Waals surface area contributed by atoms with Gasteiger partial charge in [-0.05, 0) is 30.3 Å². The van der Waals surface area contributed by atoms with Crippen LogP contribution in [0.2, 0.25) is 5.02 Å². The van der Waals surface area contributed by atoms with E-state index in [9.17, 15) is 4.79 Å². The van der Waals surface area contributed by atoms with Gasteiger partial charge in [0.2, 0.25) is 12.7 Å². The van der Waals surface area contributed by atoms with Crippen LogP contribution >= 0.6 is 11.6 Å². The summed E-state index contributed by atoms with van der Waals surface area (Å²) in [6.45, 7) is 0.160. The van der Waals surface area contributed by atoms with Crippen LogP contribution < -0.4 is 14.8 Å². The standard InChI is InChI=1S/C17H11ClN2O4/c18-12-4-1-10(2-5-12)13-8-16(24-20-13)19-17(21)11-3-6-14-15(7-11)23-9-22-14/h1-8H,9H2,(H,19,21). The predicted molar refractivity (Wildman–Crippen MR) is 87.5 cm³/mol. The fourth-order valence-electron chi connectivity index (χ4n) is 2.31. The van der Waals surface area contributed by atoms with Crippen LogP contribution in [-0.2, 0) is 0 Å². The zero-order valence-electron chi connectivity index (χ0n) is 12.3. The molecule has 0 bridgehead atoms. The van der Waals surface area contributed by atoms with Crippen LogP contribution in [0, 0.1) is 0 Å². The third-order valence-electron chi connectivity index (χ3n) is 3.52. The largest absolute Gasteiger partial charge is 0.454 e. The molecule has 0 spiro atoms. The predicted octanol–water partition coefficient (Wildman–Crippen LogP) is 3.98. The number of rotatable bonds is 3. The van der Waals surface area contributed by atoms with Crippen LogP contribution in [0.1, 0.15) is 10.4 Å². The third kappa shape index (κ3) is 2.79. The van der Waals surface area contributed by atoms with Crippen LogP contribution in [-0.4, -0.2) is 17.9 Å². The summed E-state index contributed by atoms with van der Waals surface area (Å²) in [6, 6.07) is 13.8. The highest BCUT2D eigenvalue weighted by molar-refractivity contribution is 6.30. The van der Waals surface area contributed by atoms with Gasteiger partial charge < -0.3 is 14.0 Å². The molecule has 24 heavy (non-hydrogen) atoms. The molecule has 1 N–H and O–H groups in total. The quantitative estimate of drug-likeness (QED) is 0.779. The maximum absolute atomic E-state index is 12.3. The van der Waals surface area contributed by atoms with Gasteiger partial charge in [-0.3, -0.25) is 10.1 Å². The van der Waals surface area contributed by atoms with Gasteiger partial charge in [0, 0.05) is 22.2 Å². The molecular formula is C17H11ClN2O4. The lowest BCUT2D eigenvalue weighted by molar-refractivity contribution is 0.102. The minimum atomic E-state index is -0.327. The number of nitrogens with zero attached hydrogens (tertiary/aromatic N) is 1. The Morgan fingerprint density at radius 2 is 1.83 bits per heavy atom. The number of anilines is 1. The Morgan fingerprint density at radius 1 is 1.04 bits per heavy atom. The number of aromatic nitrogens is 1. The molecule has 2 heterocycles. The summed E-state index contributed by atoms with van der Waals surface area (Å²) in [4.78, 5) is 12.3. The minimum absolute atomic E-state index is 0.160. The number of benzene rings is 2. The van der Waals surface area contributed by atoms with Crippen molar-refractivity contribution in [2.75, 3.05) is 12.1 Å². The maximum atomic E-state index is 12.3. The molecule has 0 fully saturated rings. The molecule has 120 valence electrons. The van der Waals surface area contributed by atoms with Crippen molar-refractivity contribution in [1.29, 1.82) is 0 Å². The second-order valence-corrected chi connectivity index (χ2v) is 5.54. The molecule has 0 radical (unpaired) electrons. The lowest BCUT2D eigenvalue weighted by atomic mass is 10.1. The Hall–Kier alpha value is -2.99. The van der Waals surface area contributed by atoms with Crippen molar-refractivity contribution < 1.29 is 18.8 Å². The summed E-state index contributed by atoms with van der Waals surface area (Å²) in [7, 11) is 0. The summed E-state index contributed by atoms with van der Waals surface area (Å²) >= 11 is 5.86. The Labute approximate surface area is 141 Å². The molecule has 7 heteroatoms. The molecule has 1 amide bonds. The SMILES string of the molecule is O=C(Nc1cc(-c2ccc(Cl)cc2)no1)c1ccc2c(c1)OCO2. The molecule has 0 aliphatic carbocycles. The number of carbonyl (C=O) groups is 1. The fraction of sp³-hybridized carbons (Fsp3) is 0.0588. The maximum Gasteiger partial charge on any atom is 0.258 e. The average molecular weight is 343 g/mol. The van der Waals surface area contributed by atoms with E-state index in [1.807, 2.05) is 12.1 Å². The first kappa shape index (κ1) is 14.6. The fourth-order valence-corrected chi connectivity index (χ4v) is 2.44. The van der Waals surface area contributed by atoms with Gasteiger partial charge in [0.15, 0.2) is 11.5 Å². The number of hydrogen-bond donors (Lipinski definition) is 1. The van der Waals surface area contributed by atoms with Gasteiger partial charge in [0.1, 0.15) is 5.69 Å². The summed E-state index contributed by atoms with van der Waals surface area (Å²) in [6.07, 6.45) is 0. The molecule has 3 aromatic rings. The van der Waals surface area contributed by atoms with Crippen molar-refractivity contribution >= 4 is 23.4 Å². The molecule has 0 saturated heterocycles. The summed E-state index contributed by atoms with van der Waals surface area (Å²) < 4.78 is 15.6. The van der Waals surface area contributed by atoms with E-state index in [1.165, 1.54) is 0 Å². The topological polar surface area (TPSA) is 73.6 Å². The van der Waals surface area contributed by atoms with Crippen molar-refractivity contribution in [3.8, 4) is 22.8 Å². The number of ether oxygens (including phenoxy) is 2. The van der Waals surface area contributed by atoms with Gasteiger partial charge in [-0.25, -0.2) is 0 Å². The molecule has 0 saturated carbocycles. The highest BCUT2D eigenvalue weighted by atomic mass is 35.5. The van der Waals surface area contributed by atoms with Crippen LogP contribution in [0.3, 0.4) is 0 Å². The van der Waals surface area contributed by atoms with Crippen LogP contribution in [0.15, 0.2) is 53.1 Å². The van der Waals surface area contributed by atoms with Gasteiger partial charge in [0.25, 0.3) is 5.91 Å². The Bertz CT molecular complexity index is 905. The highest BCUT2D eigenvalue weighted by Gasteiger charge is 2.17. The van der Waals surface area contributed by atoms with Gasteiger partial charge in [0.05, 0.1) is 0 Å². The molecule has 1 aliphatic heterocycles. The van der Waals surface area contributed by atoms with Crippen molar-refractivity contribution in [2.24, 2.45) is 0 Å². The zero-order chi connectivity index (χ0) is 16.5. The van der Waals surface area contributed by atoms with Crippen molar-refractivity contribution in [1.82, 2.24) is 5.16 Å². The van der Waals surface area contributed by atoms with Crippen molar-refractivity contribution in [3.05, 3.63) is 59.1 Å². The highest BCUT2D eigenvalue weighted by Crippen LogP contribution is 2.32. The molecule has 0 unspecified atom stereocenters. The van der Waals surface area contributed by atoms with Crippen LogP contribution in [0.4, 0.5) is 5.88 Å². The lowest BCUT2D eigenvalue weighted by Crippen LogP contribution is -2.11. The molecule has 0 atom stereocenters. The average Bonchev–Trinajstić information content (AvgIpc) is 3.24. The van der Waals surface area contributed by atoms with E-state index in [-0.39, 0.29) is 18.6 Å². The molecule has 2 aromatic carbocycles. The summed E-state index contributed by atoms with van der Waals surface area (Å²) in [5.41, 5.74) is 1.88. The summed E-state index contributed by atoms with van der Waals surface area (Å²) in [5, 5.41) is 7.24. The molecular weight excluding hydrogens is 332 g/mol. The number of carbonyl (C=O) groups excluding carboxylic acids is 1. The van der Waals surface area contributed by atoms with Crippen LogP contribution in [0.5, 0.6) is 11.5 Å². The molecule has 1 aromatic heterocycles. The number of hydrogen-bond acceptors (Lipinski definition) is 5. The summed E-state index contributed by atoms with van der Waals surface area (Å²) in [5.74, 6) is 1.09. The van der Waals surface area contributed by atoms with Gasteiger partial charge >= 0.3 is 0 Å². The molecule has 4 rings (SSSR count). The molecule has 6 nitrogen and oxygen atoms in total. The lowest BCUT2D eigenvalue weighted by Gasteiger charge is -2.02. The second kappa shape index (κ2) is 5.90. The van der Waals surface area contributed by atoms with Crippen molar-refractivity contribution in [2.45, 2.75) is 0 Å². The zero-order valence-corrected chi connectivity index (χ0v) is 13.0. The van der Waals surface area contributed by atoms with Crippen LogP contribution in [0.25, 0.3) is 11.3 Å². The van der Waals surface area contributed by atoms with Gasteiger partial charge in [-0.15, -0.1) is 0 Å². The third-order valence-corrected chi connectivity index (χ3v) is 3.77. The van der Waals surface area contributed by atoms with E-state index in [0.29, 0.717) is 27.8 Å². The molecule has 1 aliphatic rings. The first-order chi connectivity index (χ1) is 11.7. The Balaban J connectivity index is 1.51. The smallest absolute Gasteiger partial charge is 0.258 e. The van der Waals surface area contributed by atoms with E-state index in [0.717, 1.165) is 5.56 Å².